The highest BCUT2D eigenvalue weighted by molar-refractivity contribution is 6.15. The van der Waals surface area contributed by atoms with Crippen LogP contribution in [-0.2, 0) is 0 Å². The lowest BCUT2D eigenvalue weighted by Gasteiger charge is -2.11. The van der Waals surface area contributed by atoms with Gasteiger partial charge in [0.05, 0.1) is 38.8 Å². The first-order chi connectivity index (χ1) is 49.6. The van der Waals surface area contributed by atoms with Gasteiger partial charge in [0, 0.05) is 77.2 Å². The summed E-state index contributed by atoms with van der Waals surface area (Å²) in [5, 5.41) is 9.31. The number of aromatic nitrogens is 8. The molecular formula is C91H58N8O. The molecule has 0 spiro atoms. The van der Waals surface area contributed by atoms with Crippen molar-refractivity contribution in [2.24, 2.45) is 0 Å². The van der Waals surface area contributed by atoms with E-state index in [1.165, 1.54) is 44.1 Å². The van der Waals surface area contributed by atoms with Gasteiger partial charge in [-0.1, -0.05) is 261 Å². The van der Waals surface area contributed by atoms with E-state index in [4.69, 9.17) is 29.3 Å². The van der Waals surface area contributed by atoms with Crippen molar-refractivity contribution in [3.8, 4) is 96.1 Å². The van der Waals surface area contributed by atoms with E-state index in [1.54, 1.807) is 0 Å². The predicted molar refractivity (Wildman–Crippen MR) is 410 cm³/mol. The van der Waals surface area contributed by atoms with Gasteiger partial charge in [-0.3, -0.25) is 9.13 Å². The summed E-state index contributed by atoms with van der Waals surface area (Å²) in [6.45, 7) is 0. The summed E-state index contributed by atoms with van der Waals surface area (Å²) in [4.78, 5) is 25.0. The van der Waals surface area contributed by atoms with Crippen molar-refractivity contribution < 1.29 is 4.42 Å². The average Bonchev–Trinajstić information content (AvgIpc) is 1.60. The summed E-state index contributed by atoms with van der Waals surface area (Å²) in [7, 11) is 0. The molecular weight excluding hydrogens is 1220 g/mol. The van der Waals surface area contributed by atoms with Crippen molar-refractivity contribution in [1.82, 2.24) is 38.6 Å². The van der Waals surface area contributed by atoms with Crippen LogP contribution >= 0.6 is 0 Å². The zero-order valence-electron chi connectivity index (χ0n) is 54.0. The third kappa shape index (κ3) is 10.1. The first-order valence-electron chi connectivity index (χ1n) is 33.6. The summed E-state index contributed by atoms with van der Waals surface area (Å²) in [6, 6.07) is 121. The summed E-state index contributed by atoms with van der Waals surface area (Å²) in [6.07, 6.45) is 1.85. The number of hydrogen-bond donors (Lipinski definition) is 0. The van der Waals surface area contributed by atoms with Gasteiger partial charge in [0.2, 0.25) is 11.9 Å². The SMILES string of the molecule is c1ccc(-c2cccc(-c3ccc(-c4ccnc(-n5c6ccccc6c6cc(-c7cccc8c7oc7ccccc78)ccc65)n4)cc3)c2)cc1.c1ccc(-c2nc(-c3ccccc3)nc(-n3c4ccccc4c4cc(-c5ccc6c(c5)c5ccccc5n6-c5ccccc5)ccc43)n2)cc1. The van der Waals surface area contributed by atoms with Crippen molar-refractivity contribution in [3.05, 3.63) is 352 Å². The molecule has 0 aliphatic carbocycles. The van der Waals surface area contributed by atoms with E-state index in [0.29, 0.717) is 23.5 Å². The van der Waals surface area contributed by atoms with Gasteiger partial charge < -0.3 is 8.98 Å². The molecule has 6 heterocycles. The Hall–Kier alpha value is -13.6. The van der Waals surface area contributed by atoms with Gasteiger partial charge in [0.15, 0.2) is 11.6 Å². The minimum atomic E-state index is 0.590. The Kier molecular flexibility index (Phi) is 14.0. The fraction of sp³-hybridized carbons (Fsp3) is 0. The highest BCUT2D eigenvalue weighted by atomic mass is 16.3. The Labute approximate surface area is 575 Å². The van der Waals surface area contributed by atoms with Gasteiger partial charge >= 0.3 is 0 Å². The van der Waals surface area contributed by atoms with Gasteiger partial charge in [-0.15, -0.1) is 0 Å². The van der Waals surface area contributed by atoms with Gasteiger partial charge in [0.25, 0.3) is 0 Å². The number of nitrogens with zero attached hydrogens (tertiary/aromatic N) is 8. The number of fused-ring (bicyclic) bond motifs is 12. The molecule has 0 aliphatic heterocycles. The van der Waals surface area contributed by atoms with Gasteiger partial charge in [0.1, 0.15) is 11.2 Å². The second-order valence-electron chi connectivity index (χ2n) is 25.2. The lowest BCUT2D eigenvalue weighted by Crippen LogP contribution is -2.06. The quantitative estimate of drug-likeness (QED) is 0.135. The molecule has 468 valence electrons. The molecule has 0 fully saturated rings. The molecule has 0 saturated carbocycles. The zero-order chi connectivity index (χ0) is 66.0. The molecule has 9 nitrogen and oxygen atoms in total. The zero-order valence-corrected chi connectivity index (χ0v) is 54.0. The lowest BCUT2D eigenvalue weighted by atomic mass is 9.98. The molecule has 0 N–H and O–H groups in total. The fourth-order valence-electron chi connectivity index (χ4n) is 14.6. The first-order valence-corrected chi connectivity index (χ1v) is 33.6. The van der Waals surface area contributed by atoms with E-state index >= 15 is 0 Å². The maximum atomic E-state index is 6.40. The molecule has 0 radical (unpaired) electrons. The fourth-order valence-corrected chi connectivity index (χ4v) is 14.6. The molecule has 0 aliphatic rings. The van der Waals surface area contributed by atoms with Crippen LogP contribution in [-0.4, -0.2) is 38.6 Å². The van der Waals surface area contributed by atoms with Crippen molar-refractivity contribution in [2.75, 3.05) is 0 Å². The summed E-state index contributed by atoms with van der Waals surface area (Å²) in [5.41, 5.74) is 22.6. The molecule has 0 bridgehead atoms. The van der Waals surface area contributed by atoms with Crippen LogP contribution in [0.3, 0.4) is 0 Å². The van der Waals surface area contributed by atoms with E-state index in [0.717, 1.165) is 116 Å². The van der Waals surface area contributed by atoms with Crippen molar-refractivity contribution in [1.29, 1.82) is 0 Å². The van der Waals surface area contributed by atoms with Crippen LogP contribution in [0.15, 0.2) is 356 Å². The van der Waals surface area contributed by atoms with Crippen molar-refractivity contribution in [2.45, 2.75) is 0 Å². The Morgan fingerprint density at radius 1 is 0.230 bits per heavy atom. The van der Waals surface area contributed by atoms with Gasteiger partial charge in [-0.2, -0.15) is 9.97 Å². The number of rotatable bonds is 10. The minimum absolute atomic E-state index is 0.590. The molecule has 20 aromatic rings. The smallest absolute Gasteiger partial charge is 0.238 e. The molecule has 0 saturated heterocycles. The third-order valence-corrected chi connectivity index (χ3v) is 19.3. The Balaban J connectivity index is 0.000000139. The molecule has 0 atom stereocenters. The van der Waals surface area contributed by atoms with E-state index in [-0.39, 0.29) is 0 Å². The van der Waals surface area contributed by atoms with Crippen LogP contribution in [0.4, 0.5) is 0 Å². The van der Waals surface area contributed by atoms with Gasteiger partial charge in [-0.05, 0) is 124 Å². The van der Waals surface area contributed by atoms with Crippen LogP contribution < -0.4 is 0 Å². The second-order valence-corrected chi connectivity index (χ2v) is 25.2. The van der Waals surface area contributed by atoms with E-state index < -0.39 is 0 Å². The summed E-state index contributed by atoms with van der Waals surface area (Å²) >= 11 is 0. The van der Waals surface area contributed by atoms with Gasteiger partial charge in [-0.25, -0.2) is 15.0 Å². The number of furan rings is 1. The van der Waals surface area contributed by atoms with Crippen molar-refractivity contribution in [3.63, 3.8) is 0 Å². The van der Waals surface area contributed by atoms with Crippen molar-refractivity contribution >= 4 is 87.4 Å². The molecule has 100 heavy (non-hydrogen) atoms. The monoisotopic (exact) mass is 1280 g/mol. The van der Waals surface area contributed by atoms with E-state index in [9.17, 15) is 0 Å². The van der Waals surface area contributed by atoms with Crippen LogP contribution in [0, 0.1) is 0 Å². The Bertz CT molecular complexity index is 6460. The summed E-state index contributed by atoms with van der Waals surface area (Å²) < 4.78 is 13.1. The maximum Gasteiger partial charge on any atom is 0.238 e. The normalized spacial score (nSPS) is 11.6. The maximum absolute atomic E-state index is 6.40. The topological polar surface area (TPSA) is 92.4 Å². The molecule has 0 amide bonds. The Morgan fingerprint density at radius 3 is 1.22 bits per heavy atom. The van der Waals surface area contributed by atoms with Crippen LogP contribution in [0.1, 0.15) is 0 Å². The minimum Gasteiger partial charge on any atom is -0.455 e. The lowest BCUT2D eigenvalue weighted by molar-refractivity contribution is 0.670. The standard InChI is InChI=1S/C46H29N3O.C45H29N5/c1-2-10-30(11-3-1)33-12-8-13-34(28-33)31-20-22-32(23-21-31)41-26-27-47-46(48-41)49-42-18-6-4-14-37(42)40-29-35(24-25-43(40)49)36-16-9-17-39-38-15-5-7-19-44(38)50-45(36)39;1-4-14-30(15-5-1)43-46-44(31-16-6-2-7-17-31)48-45(47-43)50-40-23-13-11-21-36(40)38-29-33(25-27-42(38)50)32-24-26-41-37(28-32)35-20-10-12-22-39(35)49(41)34-18-8-3-9-19-34/h2*1-29H. The predicted octanol–water partition coefficient (Wildman–Crippen LogP) is 23.2. The average molecular weight is 1280 g/mol. The third-order valence-electron chi connectivity index (χ3n) is 19.3. The number of hydrogen-bond acceptors (Lipinski definition) is 6. The van der Waals surface area contributed by atoms with E-state index in [1.807, 2.05) is 91.1 Å². The van der Waals surface area contributed by atoms with E-state index in [2.05, 4.69) is 275 Å². The molecule has 6 aromatic heterocycles. The summed E-state index contributed by atoms with van der Waals surface area (Å²) in [5.74, 6) is 2.51. The van der Waals surface area contributed by atoms with Crippen LogP contribution in [0.5, 0.6) is 0 Å². The van der Waals surface area contributed by atoms with Crippen LogP contribution in [0.25, 0.3) is 183 Å². The molecule has 0 unspecified atom stereocenters. The molecule has 14 aromatic carbocycles. The highest BCUT2D eigenvalue weighted by Gasteiger charge is 2.22. The van der Waals surface area contributed by atoms with Crippen LogP contribution in [0.2, 0.25) is 0 Å². The second kappa shape index (κ2) is 24.2. The highest BCUT2D eigenvalue weighted by Crippen LogP contribution is 2.42. The largest absolute Gasteiger partial charge is 0.455 e. The number of benzene rings is 14. The molecule has 9 heteroatoms. The molecule has 20 rings (SSSR count). The Morgan fingerprint density at radius 2 is 0.630 bits per heavy atom. The number of para-hydroxylation sites is 6. The first kappa shape index (κ1) is 57.8.